The van der Waals surface area contributed by atoms with Gasteiger partial charge in [-0.3, -0.25) is 0 Å². The molecule has 0 aliphatic heterocycles. The zero-order chi connectivity index (χ0) is 20.9. The van der Waals surface area contributed by atoms with E-state index in [1.807, 2.05) is 0 Å². The zero-order valence-electron chi connectivity index (χ0n) is 15.4. The van der Waals surface area contributed by atoms with Crippen LogP contribution in [0.3, 0.4) is 0 Å². The Morgan fingerprint density at radius 2 is 1.77 bits per heavy atom. The molecule has 4 aromatic rings. The molecule has 7 nitrogen and oxygen atoms in total. The van der Waals surface area contributed by atoms with Gasteiger partial charge in [-0.25, -0.2) is 9.18 Å². The van der Waals surface area contributed by atoms with Gasteiger partial charge in [0.15, 0.2) is 17.0 Å². The largest absolute Gasteiger partial charge is 0.488 e. The number of esters is 1. The maximum atomic E-state index is 13.0. The maximum absolute atomic E-state index is 13.0. The van der Waals surface area contributed by atoms with Gasteiger partial charge in [0.25, 0.3) is 11.8 Å². The van der Waals surface area contributed by atoms with Crippen LogP contribution in [0.4, 0.5) is 4.39 Å². The van der Waals surface area contributed by atoms with Crippen molar-refractivity contribution in [3.63, 3.8) is 0 Å². The van der Waals surface area contributed by atoms with E-state index in [-0.39, 0.29) is 36.4 Å². The molecule has 0 N–H and O–H groups in total. The van der Waals surface area contributed by atoms with Crippen LogP contribution in [0.5, 0.6) is 5.75 Å². The van der Waals surface area contributed by atoms with Crippen molar-refractivity contribution in [2.24, 2.45) is 0 Å². The smallest absolute Gasteiger partial charge is 0.342 e. The van der Waals surface area contributed by atoms with E-state index in [1.165, 1.54) is 12.1 Å². The SMILES string of the molecule is O=C(OCc1nnc(-c2ccc(Br)o2)o1)c1ccccc1OCc1ccc(F)cc1. The van der Waals surface area contributed by atoms with Crippen molar-refractivity contribution in [1.82, 2.24) is 10.2 Å². The molecule has 0 saturated heterocycles. The third-order valence-electron chi connectivity index (χ3n) is 3.99. The highest BCUT2D eigenvalue weighted by Crippen LogP contribution is 2.24. The third kappa shape index (κ3) is 4.74. The number of nitrogens with zero attached hydrogens (tertiary/aromatic N) is 2. The fourth-order valence-corrected chi connectivity index (χ4v) is 2.86. The van der Waals surface area contributed by atoms with Gasteiger partial charge in [0.2, 0.25) is 0 Å². The van der Waals surface area contributed by atoms with Crippen molar-refractivity contribution in [1.29, 1.82) is 0 Å². The molecule has 2 aromatic carbocycles. The lowest BCUT2D eigenvalue weighted by molar-refractivity contribution is 0.0433. The van der Waals surface area contributed by atoms with E-state index in [0.29, 0.717) is 16.2 Å². The molecule has 0 spiro atoms. The highest BCUT2D eigenvalue weighted by atomic mass is 79.9. The number of carbonyl (C=O) groups excluding carboxylic acids is 1. The number of furan rings is 1. The maximum Gasteiger partial charge on any atom is 0.342 e. The summed E-state index contributed by atoms with van der Waals surface area (Å²) in [5.74, 6) is 0.104. The van der Waals surface area contributed by atoms with Crippen LogP contribution in [-0.2, 0) is 18.0 Å². The first-order valence-corrected chi connectivity index (χ1v) is 9.59. The number of hydrogen-bond acceptors (Lipinski definition) is 7. The van der Waals surface area contributed by atoms with E-state index >= 15 is 0 Å². The van der Waals surface area contributed by atoms with Crippen LogP contribution in [0.25, 0.3) is 11.7 Å². The highest BCUT2D eigenvalue weighted by molar-refractivity contribution is 9.10. The van der Waals surface area contributed by atoms with Crippen LogP contribution in [-0.4, -0.2) is 16.2 Å². The lowest BCUT2D eigenvalue weighted by Gasteiger charge is -2.10. The van der Waals surface area contributed by atoms with Gasteiger partial charge in [0.05, 0.1) is 0 Å². The number of halogens is 2. The molecule has 152 valence electrons. The van der Waals surface area contributed by atoms with Crippen LogP contribution in [0, 0.1) is 5.82 Å². The van der Waals surface area contributed by atoms with Gasteiger partial charge in [-0.05, 0) is 57.9 Å². The number of ether oxygens (including phenoxy) is 2. The lowest BCUT2D eigenvalue weighted by Crippen LogP contribution is -2.08. The van der Waals surface area contributed by atoms with Gasteiger partial charge in [-0.15, -0.1) is 10.2 Å². The van der Waals surface area contributed by atoms with Crippen molar-refractivity contribution in [2.45, 2.75) is 13.2 Å². The molecule has 0 amide bonds. The van der Waals surface area contributed by atoms with Gasteiger partial charge in [0, 0.05) is 0 Å². The average molecular weight is 473 g/mol. The lowest BCUT2D eigenvalue weighted by atomic mass is 10.2. The van der Waals surface area contributed by atoms with Crippen molar-refractivity contribution in [3.05, 3.63) is 88.2 Å². The Morgan fingerprint density at radius 3 is 2.53 bits per heavy atom. The number of para-hydroxylation sites is 1. The van der Waals surface area contributed by atoms with E-state index in [1.54, 1.807) is 48.5 Å². The molecule has 0 atom stereocenters. The van der Waals surface area contributed by atoms with Gasteiger partial charge < -0.3 is 18.3 Å². The molecule has 0 aliphatic rings. The summed E-state index contributed by atoms with van der Waals surface area (Å²) in [5.41, 5.74) is 1.01. The first-order valence-electron chi connectivity index (χ1n) is 8.80. The first kappa shape index (κ1) is 19.8. The zero-order valence-corrected chi connectivity index (χ0v) is 17.0. The van der Waals surface area contributed by atoms with Crippen LogP contribution in [0.15, 0.2) is 74.2 Å². The summed E-state index contributed by atoms with van der Waals surface area (Å²) in [5, 5.41) is 7.71. The minimum atomic E-state index is -0.606. The molecule has 0 saturated carbocycles. The topological polar surface area (TPSA) is 87.6 Å². The predicted molar refractivity (Wildman–Crippen MR) is 106 cm³/mol. The quantitative estimate of drug-likeness (QED) is 0.343. The number of hydrogen-bond donors (Lipinski definition) is 0. The molecule has 2 heterocycles. The third-order valence-corrected chi connectivity index (χ3v) is 4.42. The molecule has 9 heteroatoms. The molecule has 0 aliphatic carbocycles. The van der Waals surface area contributed by atoms with Gasteiger partial charge >= 0.3 is 5.97 Å². The molecule has 2 aromatic heterocycles. The molecule has 0 radical (unpaired) electrons. The number of aromatic nitrogens is 2. The second-order valence-corrected chi connectivity index (χ2v) is 6.87. The van der Waals surface area contributed by atoms with E-state index in [0.717, 1.165) is 5.56 Å². The summed E-state index contributed by atoms with van der Waals surface area (Å²) in [4.78, 5) is 12.5. The summed E-state index contributed by atoms with van der Waals surface area (Å²) in [6, 6.07) is 16.0. The van der Waals surface area contributed by atoms with Gasteiger partial charge in [-0.2, -0.15) is 0 Å². The van der Waals surface area contributed by atoms with E-state index < -0.39 is 5.97 Å². The highest BCUT2D eigenvalue weighted by Gasteiger charge is 2.17. The van der Waals surface area contributed by atoms with Crippen molar-refractivity contribution < 1.29 is 27.5 Å². The van der Waals surface area contributed by atoms with Gasteiger partial charge in [0.1, 0.15) is 23.7 Å². The second kappa shape index (κ2) is 8.91. The number of benzene rings is 2. The fourth-order valence-electron chi connectivity index (χ4n) is 2.55. The summed E-state index contributed by atoms with van der Waals surface area (Å²) >= 11 is 3.19. The van der Waals surface area contributed by atoms with Crippen LogP contribution >= 0.6 is 15.9 Å². The molecular formula is C21H14BrFN2O5. The number of rotatable bonds is 7. The van der Waals surface area contributed by atoms with Crippen molar-refractivity contribution >= 4 is 21.9 Å². The van der Waals surface area contributed by atoms with E-state index in [9.17, 15) is 9.18 Å². The van der Waals surface area contributed by atoms with Crippen molar-refractivity contribution in [2.75, 3.05) is 0 Å². The summed E-state index contributed by atoms with van der Waals surface area (Å²) < 4.78 is 35.3. The summed E-state index contributed by atoms with van der Waals surface area (Å²) in [6.07, 6.45) is 0. The monoisotopic (exact) mass is 472 g/mol. The molecule has 0 unspecified atom stereocenters. The fraction of sp³-hybridized carbons (Fsp3) is 0.0952. The van der Waals surface area contributed by atoms with Crippen LogP contribution in [0.2, 0.25) is 0 Å². The Labute approximate surface area is 178 Å². The van der Waals surface area contributed by atoms with Crippen LogP contribution in [0.1, 0.15) is 21.8 Å². The minimum Gasteiger partial charge on any atom is -0.488 e. The predicted octanol–water partition coefficient (Wildman–Crippen LogP) is 5.17. The Balaban J connectivity index is 1.39. The number of carbonyl (C=O) groups is 1. The normalized spacial score (nSPS) is 10.7. The van der Waals surface area contributed by atoms with Gasteiger partial charge in [-0.1, -0.05) is 24.3 Å². The standard InChI is InChI=1S/C21H14BrFN2O5/c22-18-10-9-17(29-18)20-25-24-19(30-20)12-28-21(26)15-3-1-2-4-16(15)27-11-13-5-7-14(23)8-6-13/h1-10H,11-12H2. The second-order valence-electron chi connectivity index (χ2n) is 6.09. The summed E-state index contributed by atoms with van der Waals surface area (Å²) in [6.45, 7) is -0.0314. The van der Waals surface area contributed by atoms with E-state index in [4.69, 9.17) is 18.3 Å². The minimum absolute atomic E-state index is 0.121. The Kier molecular flexibility index (Phi) is 5.89. The van der Waals surface area contributed by atoms with Crippen molar-refractivity contribution in [3.8, 4) is 17.4 Å². The van der Waals surface area contributed by atoms with Crippen LogP contribution < -0.4 is 4.74 Å². The molecule has 0 bridgehead atoms. The summed E-state index contributed by atoms with van der Waals surface area (Å²) in [7, 11) is 0. The Morgan fingerprint density at radius 1 is 0.967 bits per heavy atom. The molecule has 30 heavy (non-hydrogen) atoms. The first-order chi connectivity index (χ1) is 14.6. The molecular weight excluding hydrogens is 459 g/mol. The molecule has 0 fully saturated rings. The Bertz CT molecular complexity index is 1160. The Hall–Kier alpha value is -3.46. The van der Waals surface area contributed by atoms with E-state index in [2.05, 4.69) is 26.1 Å². The average Bonchev–Trinajstić information content (AvgIpc) is 3.41. The molecule has 4 rings (SSSR count).